The third-order valence-electron chi connectivity index (χ3n) is 2.71. The Morgan fingerprint density at radius 2 is 1.79 bits per heavy atom. The molecule has 1 atom stereocenters. The Bertz CT molecular complexity index is 429. The van der Waals surface area contributed by atoms with Crippen LogP contribution in [0.5, 0.6) is 0 Å². The van der Waals surface area contributed by atoms with E-state index >= 15 is 0 Å². The summed E-state index contributed by atoms with van der Waals surface area (Å²) in [6.07, 6.45) is 0. The molecule has 1 unspecified atom stereocenters. The highest BCUT2D eigenvalue weighted by molar-refractivity contribution is 5.86. The average Bonchev–Trinajstić information content (AvgIpc) is 2.27. The second kappa shape index (κ2) is 3.81. The lowest BCUT2D eigenvalue weighted by molar-refractivity contribution is 0.781. The van der Waals surface area contributed by atoms with Crippen LogP contribution in [0.2, 0.25) is 0 Å². The van der Waals surface area contributed by atoms with Crippen LogP contribution >= 0.6 is 0 Å². The summed E-state index contributed by atoms with van der Waals surface area (Å²) in [5, 5.41) is 2.62. The van der Waals surface area contributed by atoms with Crippen molar-refractivity contribution in [2.75, 3.05) is 6.54 Å². The van der Waals surface area contributed by atoms with E-state index in [1.807, 2.05) is 0 Å². The van der Waals surface area contributed by atoms with Crippen LogP contribution in [0.25, 0.3) is 10.8 Å². The molecule has 0 heterocycles. The van der Waals surface area contributed by atoms with Gasteiger partial charge in [-0.2, -0.15) is 0 Å². The van der Waals surface area contributed by atoms with E-state index in [0.717, 1.165) is 0 Å². The molecule has 0 aliphatic heterocycles. The maximum absolute atomic E-state index is 5.70. The molecule has 0 amide bonds. The molecule has 2 rings (SSSR count). The molecule has 0 aliphatic rings. The molecule has 0 radical (unpaired) electrons. The summed E-state index contributed by atoms with van der Waals surface area (Å²) in [6.45, 7) is 2.87. The maximum atomic E-state index is 5.70. The smallest absolute Gasteiger partial charge is 0.00107 e. The molecule has 0 aromatic heterocycles. The van der Waals surface area contributed by atoms with Gasteiger partial charge >= 0.3 is 0 Å². The minimum atomic E-state index is 0.432. The van der Waals surface area contributed by atoms with E-state index in [9.17, 15) is 0 Å². The van der Waals surface area contributed by atoms with Gasteiger partial charge < -0.3 is 5.73 Å². The van der Waals surface area contributed by atoms with Crippen molar-refractivity contribution >= 4 is 10.8 Å². The van der Waals surface area contributed by atoms with E-state index < -0.39 is 0 Å². The van der Waals surface area contributed by atoms with E-state index in [2.05, 4.69) is 49.4 Å². The molecule has 0 spiro atoms. The molecule has 1 nitrogen and oxygen atoms in total. The molecule has 2 aromatic carbocycles. The molecule has 14 heavy (non-hydrogen) atoms. The van der Waals surface area contributed by atoms with Gasteiger partial charge in [-0.1, -0.05) is 49.4 Å². The molecular weight excluding hydrogens is 170 g/mol. The van der Waals surface area contributed by atoms with Crippen molar-refractivity contribution in [3.05, 3.63) is 48.0 Å². The van der Waals surface area contributed by atoms with Crippen molar-refractivity contribution in [1.82, 2.24) is 0 Å². The standard InChI is InChI=1S/C13H15N/c1-10(9-14)12-8-4-6-11-5-2-3-7-13(11)12/h2-8,10H,9,14H2,1H3. The van der Waals surface area contributed by atoms with Gasteiger partial charge in [0.1, 0.15) is 0 Å². The average molecular weight is 185 g/mol. The Hall–Kier alpha value is -1.34. The summed E-state index contributed by atoms with van der Waals surface area (Å²) in [4.78, 5) is 0. The SMILES string of the molecule is CC(CN)c1cccc2ccccc12. The number of rotatable bonds is 2. The van der Waals surface area contributed by atoms with E-state index in [4.69, 9.17) is 5.73 Å². The topological polar surface area (TPSA) is 26.0 Å². The van der Waals surface area contributed by atoms with Gasteiger partial charge in [0.25, 0.3) is 0 Å². The van der Waals surface area contributed by atoms with Crippen molar-refractivity contribution in [3.63, 3.8) is 0 Å². The predicted molar refractivity (Wildman–Crippen MR) is 61.4 cm³/mol. The lowest BCUT2D eigenvalue weighted by Gasteiger charge is -2.11. The van der Waals surface area contributed by atoms with Crippen molar-refractivity contribution in [1.29, 1.82) is 0 Å². The van der Waals surface area contributed by atoms with Gasteiger partial charge in [-0.25, -0.2) is 0 Å². The van der Waals surface area contributed by atoms with E-state index in [-0.39, 0.29) is 0 Å². The minimum Gasteiger partial charge on any atom is -0.330 e. The zero-order chi connectivity index (χ0) is 9.97. The fourth-order valence-electron chi connectivity index (χ4n) is 1.81. The molecule has 0 saturated heterocycles. The third kappa shape index (κ3) is 1.51. The molecule has 2 N–H and O–H groups in total. The molecule has 1 heteroatoms. The molecule has 2 aromatic rings. The highest BCUT2D eigenvalue weighted by Gasteiger charge is 2.06. The van der Waals surface area contributed by atoms with Crippen LogP contribution < -0.4 is 5.73 Å². The predicted octanol–water partition coefficient (Wildman–Crippen LogP) is 2.90. The van der Waals surface area contributed by atoms with E-state index in [1.54, 1.807) is 0 Å². The maximum Gasteiger partial charge on any atom is -0.00107 e. The van der Waals surface area contributed by atoms with Crippen molar-refractivity contribution < 1.29 is 0 Å². The van der Waals surface area contributed by atoms with Gasteiger partial charge in [0.15, 0.2) is 0 Å². The highest BCUT2D eigenvalue weighted by Crippen LogP contribution is 2.24. The second-order valence-corrected chi connectivity index (χ2v) is 3.71. The first-order valence-corrected chi connectivity index (χ1v) is 5.00. The largest absolute Gasteiger partial charge is 0.330 e. The van der Waals surface area contributed by atoms with E-state index in [1.165, 1.54) is 16.3 Å². The number of hydrogen-bond donors (Lipinski definition) is 1. The molecule has 0 saturated carbocycles. The van der Waals surface area contributed by atoms with Gasteiger partial charge in [0, 0.05) is 0 Å². The second-order valence-electron chi connectivity index (χ2n) is 3.71. The Balaban J connectivity index is 2.65. The van der Waals surface area contributed by atoms with Crippen LogP contribution in [-0.4, -0.2) is 6.54 Å². The Morgan fingerprint density at radius 3 is 2.57 bits per heavy atom. The molecule has 0 bridgehead atoms. The Kier molecular flexibility index (Phi) is 2.51. The summed E-state index contributed by atoms with van der Waals surface area (Å²) >= 11 is 0. The summed E-state index contributed by atoms with van der Waals surface area (Å²) in [7, 11) is 0. The lowest BCUT2D eigenvalue weighted by Crippen LogP contribution is -2.09. The van der Waals surface area contributed by atoms with Crippen molar-refractivity contribution in [2.24, 2.45) is 5.73 Å². The first-order valence-electron chi connectivity index (χ1n) is 5.00. The minimum absolute atomic E-state index is 0.432. The van der Waals surface area contributed by atoms with Crippen LogP contribution in [0.1, 0.15) is 18.4 Å². The van der Waals surface area contributed by atoms with E-state index in [0.29, 0.717) is 12.5 Å². The Labute approximate surface area is 84.5 Å². The molecule has 72 valence electrons. The quantitative estimate of drug-likeness (QED) is 0.765. The van der Waals surface area contributed by atoms with Gasteiger partial charge in [0.2, 0.25) is 0 Å². The van der Waals surface area contributed by atoms with Crippen LogP contribution in [0.4, 0.5) is 0 Å². The normalized spacial score (nSPS) is 13.0. The van der Waals surface area contributed by atoms with Gasteiger partial charge in [0.05, 0.1) is 0 Å². The van der Waals surface area contributed by atoms with Crippen LogP contribution in [0, 0.1) is 0 Å². The van der Waals surface area contributed by atoms with Crippen molar-refractivity contribution in [3.8, 4) is 0 Å². The monoisotopic (exact) mass is 185 g/mol. The summed E-state index contributed by atoms with van der Waals surface area (Å²) in [5.41, 5.74) is 7.05. The summed E-state index contributed by atoms with van der Waals surface area (Å²) < 4.78 is 0. The highest BCUT2D eigenvalue weighted by atomic mass is 14.5. The van der Waals surface area contributed by atoms with Gasteiger partial charge in [-0.05, 0) is 28.8 Å². The zero-order valence-corrected chi connectivity index (χ0v) is 8.40. The van der Waals surface area contributed by atoms with Crippen molar-refractivity contribution in [2.45, 2.75) is 12.8 Å². The van der Waals surface area contributed by atoms with Crippen LogP contribution in [0.3, 0.4) is 0 Å². The molecular formula is C13H15N. The summed E-state index contributed by atoms with van der Waals surface area (Å²) in [5.74, 6) is 0.432. The summed E-state index contributed by atoms with van der Waals surface area (Å²) in [6, 6.07) is 14.9. The first-order chi connectivity index (χ1) is 6.83. The number of fused-ring (bicyclic) bond motifs is 1. The fraction of sp³-hybridized carbons (Fsp3) is 0.231. The Morgan fingerprint density at radius 1 is 1.07 bits per heavy atom. The molecule has 0 fully saturated rings. The van der Waals surface area contributed by atoms with Gasteiger partial charge in [-0.3, -0.25) is 0 Å². The fourth-order valence-corrected chi connectivity index (χ4v) is 1.81. The first kappa shape index (κ1) is 9.22. The van der Waals surface area contributed by atoms with Crippen LogP contribution in [0.15, 0.2) is 42.5 Å². The van der Waals surface area contributed by atoms with Gasteiger partial charge in [-0.15, -0.1) is 0 Å². The third-order valence-corrected chi connectivity index (χ3v) is 2.71. The number of nitrogens with two attached hydrogens (primary N) is 1. The zero-order valence-electron chi connectivity index (χ0n) is 8.40. The number of hydrogen-bond acceptors (Lipinski definition) is 1. The molecule has 0 aliphatic carbocycles. The van der Waals surface area contributed by atoms with Crippen LogP contribution in [-0.2, 0) is 0 Å². The number of benzene rings is 2. The lowest BCUT2D eigenvalue weighted by atomic mass is 9.95.